The van der Waals surface area contributed by atoms with Gasteiger partial charge in [0.05, 0.1) is 0 Å². The molecular formula is C10H8N2O. The van der Waals surface area contributed by atoms with Crippen LogP contribution in [0.4, 0.5) is 0 Å². The summed E-state index contributed by atoms with van der Waals surface area (Å²) in [5, 5.41) is 8.55. The molecule has 13 heavy (non-hydrogen) atoms. The van der Waals surface area contributed by atoms with Gasteiger partial charge in [-0.25, -0.2) is 0 Å². The van der Waals surface area contributed by atoms with Crippen LogP contribution in [0.25, 0.3) is 12.2 Å². The Hall–Kier alpha value is -1.82. The third-order valence-electron chi connectivity index (χ3n) is 1.89. The van der Waals surface area contributed by atoms with Crippen LogP contribution in [0.1, 0.15) is 24.3 Å². The summed E-state index contributed by atoms with van der Waals surface area (Å²) in [5.74, 6) is 1.17. The predicted octanol–water partition coefficient (Wildman–Crippen LogP) is 2.22. The first kappa shape index (κ1) is 7.81. The Kier molecular flexibility index (Phi) is 1.75. The highest BCUT2D eigenvalue weighted by atomic mass is 16.4. The first-order valence-electron chi connectivity index (χ1n) is 4.07. The molecule has 1 aliphatic carbocycles. The molecule has 0 saturated heterocycles. The summed E-state index contributed by atoms with van der Waals surface area (Å²) in [7, 11) is 0. The van der Waals surface area contributed by atoms with Crippen molar-refractivity contribution in [3.63, 3.8) is 0 Å². The van der Waals surface area contributed by atoms with Crippen molar-refractivity contribution >= 4 is 12.2 Å². The molecule has 1 aromatic heterocycles. The van der Waals surface area contributed by atoms with E-state index in [1.165, 1.54) is 0 Å². The molecule has 0 N–H and O–H groups in total. The minimum Gasteiger partial charge on any atom is -0.428 e. The first-order valence-corrected chi connectivity index (χ1v) is 4.07. The van der Waals surface area contributed by atoms with E-state index in [-0.39, 0.29) is 5.89 Å². The SMILES string of the molecule is CC1C=Cc2nc(C#N)oc2C=C1. The van der Waals surface area contributed by atoms with E-state index in [0.29, 0.717) is 11.7 Å². The van der Waals surface area contributed by atoms with Gasteiger partial charge in [-0.05, 0) is 18.1 Å². The van der Waals surface area contributed by atoms with Crippen LogP contribution in [0.3, 0.4) is 0 Å². The number of fused-ring (bicyclic) bond motifs is 1. The maximum atomic E-state index is 8.55. The number of aromatic nitrogens is 1. The number of hydrogen-bond donors (Lipinski definition) is 0. The molecule has 1 aromatic rings. The largest absolute Gasteiger partial charge is 0.428 e. The number of rotatable bonds is 0. The Morgan fingerprint density at radius 1 is 1.46 bits per heavy atom. The van der Waals surface area contributed by atoms with Gasteiger partial charge in [-0.2, -0.15) is 10.2 Å². The maximum Gasteiger partial charge on any atom is 0.301 e. The molecule has 0 bridgehead atoms. The third kappa shape index (κ3) is 1.38. The summed E-state index contributed by atoms with van der Waals surface area (Å²) < 4.78 is 5.17. The van der Waals surface area contributed by atoms with Crippen molar-refractivity contribution in [3.05, 3.63) is 29.5 Å². The number of oxazole rings is 1. The van der Waals surface area contributed by atoms with E-state index < -0.39 is 0 Å². The molecule has 1 heterocycles. The van der Waals surface area contributed by atoms with Crippen LogP contribution in [0.5, 0.6) is 0 Å². The molecule has 1 aliphatic rings. The maximum absolute atomic E-state index is 8.55. The van der Waals surface area contributed by atoms with E-state index in [4.69, 9.17) is 9.68 Å². The summed E-state index contributed by atoms with van der Waals surface area (Å²) in [6, 6.07) is 1.87. The molecule has 1 atom stereocenters. The van der Waals surface area contributed by atoms with E-state index in [9.17, 15) is 0 Å². The molecule has 3 nitrogen and oxygen atoms in total. The lowest BCUT2D eigenvalue weighted by Crippen LogP contribution is -1.78. The second-order valence-electron chi connectivity index (χ2n) is 2.96. The van der Waals surface area contributed by atoms with E-state index in [2.05, 4.69) is 11.9 Å². The van der Waals surface area contributed by atoms with Crippen molar-refractivity contribution in [1.82, 2.24) is 4.98 Å². The van der Waals surface area contributed by atoms with Crippen LogP contribution in [-0.4, -0.2) is 4.98 Å². The molecule has 0 spiro atoms. The fraction of sp³-hybridized carbons (Fsp3) is 0.200. The van der Waals surface area contributed by atoms with E-state index >= 15 is 0 Å². The molecule has 2 rings (SSSR count). The number of allylic oxidation sites excluding steroid dienone is 2. The zero-order chi connectivity index (χ0) is 9.26. The van der Waals surface area contributed by atoms with Crippen molar-refractivity contribution in [3.8, 4) is 6.07 Å². The van der Waals surface area contributed by atoms with Crippen molar-refractivity contribution in [2.45, 2.75) is 6.92 Å². The number of nitrogens with zero attached hydrogens (tertiary/aromatic N) is 2. The number of hydrogen-bond acceptors (Lipinski definition) is 3. The van der Waals surface area contributed by atoms with Gasteiger partial charge < -0.3 is 4.42 Å². The van der Waals surface area contributed by atoms with Crippen LogP contribution in [0, 0.1) is 17.2 Å². The normalized spacial score (nSPS) is 19.2. The quantitative estimate of drug-likeness (QED) is 0.602. The lowest BCUT2D eigenvalue weighted by Gasteiger charge is -1.91. The minimum atomic E-state index is 0.119. The van der Waals surface area contributed by atoms with E-state index in [1.54, 1.807) is 0 Å². The van der Waals surface area contributed by atoms with Crippen LogP contribution < -0.4 is 0 Å². The minimum absolute atomic E-state index is 0.119. The smallest absolute Gasteiger partial charge is 0.301 e. The standard InChI is InChI=1S/C10H8N2O/c1-7-2-4-8-9(5-3-7)13-10(6-11)12-8/h2-5,7H,1H3. The van der Waals surface area contributed by atoms with Gasteiger partial charge in [0.25, 0.3) is 0 Å². The monoisotopic (exact) mass is 172 g/mol. The second kappa shape index (κ2) is 2.91. The zero-order valence-electron chi connectivity index (χ0n) is 7.19. The summed E-state index contributed by atoms with van der Waals surface area (Å²) >= 11 is 0. The Labute approximate surface area is 76.0 Å². The highest BCUT2D eigenvalue weighted by molar-refractivity contribution is 5.61. The summed E-state index contributed by atoms with van der Waals surface area (Å²) in [5.41, 5.74) is 0.733. The first-order chi connectivity index (χ1) is 6.29. The van der Waals surface area contributed by atoms with Gasteiger partial charge in [-0.3, -0.25) is 0 Å². The van der Waals surface area contributed by atoms with Gasteiger partial charge >= 0.3 is 5.89 Å². The molecule has 0 aromatic carbocycles. The molecular weight excluding hydrogens is 164 g/mol. The van der Waals surface area contributed by atoms with Crippen molar-refractivity contribution in [1.29, 1.82) is 5.26 Å². The molecule has 0 radical (unpaired) electrons. The predicted molar refractivity (Wildman–Crippen MR) is 48.5 cm³/mol. The van der Waals surface area contributed by atoms with Crippen LogP contribution in [0.2, 0.25) is 0 Å². The Morgan fingerprint density at radius 2 is 2.23 bits per heavy atom. The fourth-order valence-electron chi connectivity index (χ4n) is 1.18. The Balaban J connectivity index is 2.49. The highest BCUT2D eigenvalue weighted by Gasteiger charge is 2.10. The van der Waals surface area contributed by atoms with Gasteiger partial charge in [0.15, 0.2) is 11.8 Å². The Bertz CT molecular complexity index is 389. The molecule has 0 amide bonds. The number of nitriles is 1. The molecule has 3 heteroatoms. The van der Waals surface area contributed by atoms with E-state index in [1.807, 2.05) is 30.4 Å². The van der Waals surface area contributed by atoms with Crippen molar-refractivity contribution in [2.24, 2.45) is 5.92 Å². The Morgan fingerprint density at radius 3 is 3.00 bits per heavy atom. The van der Waals surface area contributed by atoms with Gasteiger partial charge in [0, 0.05) is 0 Å². The lowest BCUT2D eigenvalue weighted by molar-refractivity contribution is 0.532. The molecule has 0 saturated carbocycles. The fourth-order valence-corrected chi connectivity index (χ4v) is 1.18. The average Bonchev–Trinajstić information content (AvgIpc) is 2.47. The highest BCUT2D eigenvalue weighted by Crippen LogP contribution is 2.19. The summed E-state index contributed by atoms with van der Waals surface area (Å²) in [4.78, 5) is 4.00. The van der Waals surface area contributed by atoms with Crippen LogP contribution in [-0.2, 0) is 0 Å². The lowest BCUT2D eigenvalue weighted by atomic mass is 10.2. The zero-order valence-corrected chi connectivity index (χ0v) is 7.19. The average molecular weight is 172 g/mol. The van der Waals surface area contributed by atoms with Crippen LogP contribution >= 0.6 is 0 Å². The topological polar surface area (TPSA) is 49.8 Å². The molecule has 0 fully saturated rings. The second-order valence-corrected chi connectivity index (χ2v) is 2.96. The summed E-state index contributed by atoms with van der Waals surface area (Å²) in [6.07, 6.45) is 7.76. The van der Waals surface area contributed by atoms with Crippen LogP contribution in [0.15, 0.2) is 16.6 Å². The summed E-state index contributed by atoms with van der Waals surface area (Å²) in [6.45, 7) is 2.07. The van der Waals surface area contributed by atoms with Gasteiger partial charge in [-0.15, -0.1) is 0 Å². The van der Waals surface area contributed by atoms with Gasteiger partial charge in [0.1, 0.15) is 5.69 Å². The van der Waals surface area contributed by atoms with E-state index in [0.717, 1.165) is 5.69 Å². The van der Waals surface area contributed by atoms with Gasteiger partial charge in [0.2, 0.25) is 0 Å². The molecule has 1 unspecified atom stereocenters. The molecule has 64 valence electrons. The van der Waals surface area contributed by atoms with Gasteiger partial charge in [-0.1, -0.05) is 19.1 Å². The van der Waals surface area contributed by atoms with Crippen molar-refractivity contribution in [2.75, 3.05) is 0 Å². The van der Waals surface area contributed by atoms with Crippen molar-refractivity contribution < 1.29 is 4.42 Å². The molecule has 0 aliphatic heterocycles. The third-order valence-corrected chi connectivity index (χ3v) is 1.89.